The van der Waals surface area contributed by atoms with E-state index >= 15 is 0 Å². The zero-order chi connectivity index (χ0) is 10.8. The van der Waals surface area contributed by atoms with E-state index in [0.29, 0.717) is 18.4 Å². The Morgan fingerprint density at radius 1 is 1.47 bits per heavy atom. The zero-order valence-corrected chi connectivity index (χ0v) is 8.83. The van der Waals surface area contributed by atoms with Crippen LogP contribution in [0.15, 0.2) is 18.5 Å². The number of hydrogen-bond donors (Lipinski definition) is 1. The third-order valence-corrected chi connectivity index (χ3v) is 2.07. The first kappa shape index (κ1) is 9.70. The zero-order valence-electron chi connectivity index (χ0n) is 8.83. The minimum Gasteiger partial charge on any atom is -0.381 e. The highest BCUT2D eigenvalue weighted by Crippen LogP contribution is 2.05. The molecule has 0 unspecified atom stereocenters. The molecule has 0 radical (unpaired) electrons. The van der Waals surface area contributed by atoms with E-state index in [-0.39, 0.29) is 0 Å². The van der Waals surface area contributed by atoms with Crippen molar-refractivity contribution < 1.29 is 0 Å². The van der Waals surface area contributed by atoms with Crippen LogP contribution in [0, 0.1) is 0 Å². The van der Waals surface area contributed by atoms with Crippen molar-refractivity contribution >= 4 is 5.82 Å². The summed E-state index contributed by atoms with van der Waals surface area (Å²) in [7, 11) is 0. The average Bonchev–Trinajstić information content (AvgIpc) is 2.76. The van der Waals surface area contributed by atoms with Gasteiger partial charge in [-0.05, 0) is 19.9 Å². The first-order valence-electron chi connectivity index (χ1n) is 4.85. The highest BCUT2D eigenvalue weighted by atomic mass is 15.4. The molecule has 0 aliphatic heterocycles. The minimum absolute atomic E-state index is 0.375. The smallest absolute Gasteiger partial charge is 0.165 e. The van der Waals surface area contributed by atoms with Gasteiger partial charge >= 0.3 is 0 Å². The lowest BCUT2D eigenvalue weighted by molar-refractivity contribution is 0.519. The molecule has 0 fully saturated rings. The predicted molar refractivity (Wildman–Crippen MR) is 56.1 cm³/mol. The molecule has 6 nitrogen and oxygen atoms in total. The van der Waals surface area contributed by atoms with Gasteiger partial charge in [0.15, 0.2) is 5.82 Å². The van der Waals surface area contributed by atoms with Crippen molar-refractivity contribution in [3.63, 3.8) is 0 Å². The van der Waals surface area contributed by atoms with Crippen molar-refractivity contribution in [2.24, 2.45) is 0 Å². The highest BCUT2D eigenvalue weighted by molar-refractivity contribution is 5.20. The summed E-state index contributed by atoms with van der Waals surface area (Å²) in [6.07, 6.45) is 3.65. The molecule has 0 saturated carbocycles. The Morgan fingerprint density at radius 2 is 2.27 bits per heavy atom. The summed E-state index contributed by atoms with van der Waals surface area (Å²) in [4.78, 5) is 0. The van der Waals surface area contributed by atoms with E-state index in [2.05, 4.69) is 29.3 Å². The van der Waals surface area contributed by atoms with Gasteiger partial charge in [0.05, 0.1) is 18.4 Å². The number of aromatic nitrogens is 5. The fraction of sp³-hybridized carbons (Fsp3) is 0.444. The molecular weight excluding hydrogens is 192 g/mol. The molecule has 0 spiro atoms. The molecule has 2 aromatic rings. The van der Waals surface area contributed by atoms with Gasteiger partial charge in [0.2, 0.25) is 0 Å². The molecule has 2 aromatic heterocycles. The van der Waals surface area contributed by atoms with E-state index in [1.807, 2.05) is 16.9 Å². The van der Waals surface area contributed by atoms with Gasteiger partial charge in [-0.2, -0.15) is 5.10 Å². The Kier molecular flexibility index (Phi) is 2.40. The maximum absolute atomic E-state index is 5.47. The van der Waals surface area contributed by atoms with E-state index < -0.39 is 0 Å². The van der Waals surface area contributed by atoms with Crippen molar-refractivity contribution in [1.29, 1.82) is 0 Å². The monoisotopic (exact) mass is 206 g/mol. The molecule has 0 saturated heterocycles. The topological polar surface area (TPSA) is 74.5 Å². The maximum Gasteiger partial charge on any atom is 0.165 e. The Labute approximate surface area is 87.7 Å². The quantitative estimate of drug-likeness (QED) is 0.801. The van der Waals surface area contributed by atoms with E-state index in [0.717, 1.165) is 5.69 Å². The molecule has 0 amide bonds. The molecule has 2 heterocycles. The van der Waals surface area contributed by atoms with Gasteiger partial charge in [0.1, 0.15) is 0 Å². The third-order valence-electron chi connectivity index (χ3n) is 2.07. The fourth-order valence-electron chi connectivity index (χ4n) is 1.31. The van der Waals surface area contributed by atoms with Gasteiger partial charge in [-0.15, -0.1) is 5.10 Å². The summed E-state index contributed by atoms with van der Waals surface area (Å²) in [5, 5.41) is 12.0. The number of hydrogen-bond acceptors (Lipinski definition) is 4. The maximum atomic E-state index is 5.47. The van der Waals surface area contributed by atoms with Crippen molar-refractivity contribution in [1.82, 2.24) is 24.8 Å². The van der Waals surface area contributed by atoms with Crippen molar-refractivity contribution in [2.45, 2.75) is 26.4 Å². The molecule has 6 heteroatoms. The molecule has 0 aromatic carbocycles. The van der Waals surface area contributed by atoms with Crippen LogP contribution < -0.4 is 5.73 Å². The predicted octanol–water partition coefficient (Wildman–Crippen LogP) is 0.686. The van der Waals surface area contributed by atoms with Crippen molar-refractivity contribution in [2.75, 3.05) is 5.73 Å². The van der Waals surface area contributed by atoms with E-state index in [1.165, 1.54) is 0 Å². The van der Waals surface area contributed by atoms with Gasteiger partial charge in [-0.25, -0.2) is 4.68 Å². The first-order chi connectivity index (χ1) is 7.15. The van der Waals surface area contributed by atoms with Crippen LogP contribution in [0.2, 0.25) is 0 Å². The van der Waals surface area contributed by atoms with Crippen molar-refractivity contribution in [3.05, 3.63) is 24.2 Å². The third kappa shape index (κ3) is 2.15. The fourth-order valence-corrected chi connectivity index (χ4v) is 1.31. The second-order valence-corrected chi connectivity index (χ2v) is 3.72. The van der Waals surface area contributed by atoms with E-state index in [4.69, 9.17) is 5.73 Å². The Bertz CT molecular complexity index is 441. The van der Waals surface area contributed by atoms with Crippen LogP contribution in [0.4, 0.5) is 5.82 Å². The summed E-state index contributed by atoms with van der Waals surface area (Å²) in [5.41, 5.74) is 6.42. The molecule has 2 N–H and O–H groups in total. The van der Waals surface area contributed by atoms with Crippen LogP contribution in [-0.4, -0.2) is 24.8 Å². The number of anilines is 1. The Morgan fingerprint density at radius 3 is 2.80 bits per heavy atom. The number of nitrogens with zero attached hydrogens (tertiary/aromatic N) is 5. The molecule has 15 heavy (non-hydrogen) atoms. The summed E-state index contributed by atoms with van der Waals surface area (Å²) >= 11 is 0. The minimum atomic E-state index is 0.375. The van der Waals surface area contributed by atoms with Gasteiger partial charge in [-0.3, -0.25) is 4.68 Å². The summed E-state index contributed by atoms with van der Waals surface area (Å²) in [6.45, 7) is 4.78. The first-order valence-corrected chi connectivity index (χ1v) is 4.85. The number of nitrogen functional groups attached to an aromatic ring is 1. The SMILES string of the molecule is CC(C)n1ccc(Cn2cc(N)nn2)n1. The largest absolute Gasteiger partial charge is 0.381 e. The molecular formula is C9H14N6. The van der Waals surface area contributed by atoms with E-state index in [1.54, 1.807) is 10.9 Å². The summed E-state index contributed by atoms with van der Waals surface area (Å²) in [5.74, 6) is 0.429. The van der Waals surface area contributed by atoms with E-state index in [9.17, 15) is 0 Å². The second-order valence-electron chi connectivity index (χ2n) is 3.72. The van der Waals surface area contributed by atoms with Crippen LogP contribution in [0.25, 0.3) is 0 Å². The lowest BCUT2D eigenvalue weighted by atomic mass is 10.4. The molecule has 0 aliphatic rings. The van der Waals surface area contributed by atoms with Crippen LogP contribution in [0.5, 0.6) is 0 Å². The van der Waals surface area contributed by atoms with Crippen molar-refractivity contribution in [3.8, 4) is 0 Å². The van der Waals surface area contributed by atoms with Crippen LogP contribution >= 0.6 is 0 Å². The summed E-state index contributed by atoms with van der Waals surface area (Å²) in [6, 6.07) is 2.34. The van der Waals surface area contributed by atoms with Gasteiger partial charge in [0.25, 0.3) is 0 Å². The lowest BCUT2D eigenvalue weighted by Gasteiger charge is -2.03. The molecule has 80 valence electrons. The average molecular weight is 206 g/mol. The van der Waals surface area contributed by atoms with Crippen LogP contribution in [-0.2, 0) is 6.54 Å². The molecule has 0 bridgehead atoms. The second kappa shape index (κ2) is 3.72. The molecule has 0 aliphatic carbocycles. The standard InChI is InChI=1S/C9H14N6/c1-7(2)15-4-3-8(12-15)5-14-6-9(10)11-13-14/h3-4,6-7H,5,10H2,1-2H3. The molecule has 2 rings (SSSR count). The number of nitrogens with two attached hydrogens (primary N) is 1. The highest BCUT2D eigenvalue weighted by Gasteiger charge is 2.03. The van der Waals surface area contributed by atoms with Gasteiger partial charge in [0, 0.05) is 12.2 Å². The normalized spacial score (nSPS) is 11.1. The molecule has 0 atom stereocenters. The Balaban J connectivity index is 2.11. The summed E-state index contributed by atoms with van der Waals surface area (Å²) < 4.78 is 3.58. The lowest BCUT2D eigenvalue weighted by Crippen LogP contribution is -2.05. The van der Waals surface area contributed by atoms with Gasteiger partial charge < -0.3 is 5.73 Å². The number of rotatable bonds is 3. The van der Waals surface area contributed by atoms with Gasteiger partial charge in [-0.1, -0.05) is 5.21 Å². The Hall–Kier alpha value is -1.85. The van der Waals surface area contributed by atoms with Crippen LogP contribution in [0.1, 0.15) is 25.6 Å². The van der Waals surface area contributed by atoms with Crippen LogP contribution in [0.3, 0.4) is 0 Å².